The van der Waals surface area contributed by atoms with E-state index >= 15 is 0 Å². The number of carbonyl (C=O) groups is 1. The molecule has 4 rings (SSSR count). The molecule has 0 spiro atoms. The van der Waals surface area contributed by atoms with Crippen molar-refractivity contribution in [3.63, 3.8) is 0 Å². The van der Waals surface area contributed by atoms with Crippen LogP contribution < -0.4 is 16.2 Å². The van der Waals surface area contributed by atoms with Gasteiger partial charge < -0.3 is 10.6 Å². The Kier molecular flexibility index (Phi) is 6.79. The summed E-state index contributed by atoms with van der Waals surface area (Å²) >= 11 is 1.50. The summed E-state index contributed by atoms with van der Waals surface area (Å²) in [6, 6.07) is 16.4. The number of aromatic nitrogens is 4. The highest BCUT2D eigenvalue weighted by Gasteiger charge is 2.12. The first-order chi connectivity index (χ1) is 15.9. The SMILES string of the molecule is Cc1ccc(NC(=O)Nc2ccccc2SCc2cc(=O)n3c(ncn3CC(C)C)n2)cc1. The van der Waals surface area contributed by atoms with Gasteiger partial charge in [0.15, 0.2) is 0 Å². The Bertz CT molecular complexity index is 1330. The molecular formula is C24H26N6O2S. The molecule has 0 radical (unpaired) electrons. The molecule has 0 saturated heterocycles. The highest BCUT2D eigenvalue weighted by Crippen LogP contribution is 2.29. The summed E-state index contributed by atoms with van der Waals surface area (Å²) in [6.07, 6.45) is 1.65. The van der Waals surface area contributed by atoms with Crippen LogP contribution in [0.25, 0.3) is 5.78 Å². The van der Waals surface area contributed by atoms with Crippen LogP contribution in [-0.2, 0) is 12.3 Å². The van der Waals surface area contributed by atoms with E-state index in [4.69, 9.17) is 0 Å². The number of nitrogens with one attached hydrogen (secondary N) is 2. The maximum absolute atomic E-state index is 12.7. The van der Waals surface area contributed by atoms with E-state index in [1.165, 1.54) is 16.3 Å². The molecule has 170 valence electrons. The van der Waals surface area contributed by atoms with Gasteiger partial charge in [0.25, 0.3) is 11.3 Å². The maximum atomic E-state index is 12.7. The van der Waals surface area contributed by atoms with Crippen LogP contribution >= 0.6 is 11.8 Å². The van der Waals surface area contributed by atoms with E-state index < -0.39 is 0 Å². The van der Waals surface area contributed by atoms with Crippen LogP contribution in [0.3, 0.4) is 0 Å². The second kappa shape index (κ2) is 9.91. The molecule has 0 fully saturated rings. The average molecular weight is 463 g/mol. The van der Waals surface area contributed by atoms with Crippen molar-refractivity contribution in [1.29, 1.82) is 0 Å². The molecule has 33 heavy (non-hydrogen) atoms. The van der Waals surface area contributed by atoms with Gasteiger partial charge in [-0.3, -0.25) is 9.48 Å². The lowest BCUT2D eigenvalue weighted by molar-refractivity contribution is 0.262. The molecule has 0 aliphatic heterocycles. The normalized spacial score (nSPS) is 11.2. The van der Waals surface area contributed by atoms with Crippen molar-refractivity contribution in [2.75, 3.05) is 10.6 Å². The first kappa shape index (κ1) is 22.6. The van der Waals surface area contributed by atoms with Crippen LogP contribution in [-0.4, -0.2) is 25.2 Å². The number of rotatable bonds is 7. The van der Waals surface area contributed by atoms with Gasteiger partial charge in [-0.25, -0.2) is 9.78 Å². The number of nitrogens with zero attached hydrogens (tertiary/aromatic N) is 4. The number of anilines is 2. The summed E-state index contributed by atoms with van der Waals surface area (Å²) in [5.41, 5.74) is 3.02. The van der Waals surface area contributed by atoms with Crippen molar-refractivity contribution in [3.8, 4) is 0 Å². The Morgan fingerprint density at radius 2 is 1.85 bits per heavy atom. The van der Waals surface area contributed by atoms with Crippen molar-refractivity contribution < 1.29 is 4.79 Å². The molecule has 0 aliphatic rings. The quantitative estimate of drug-likeness (QED) is 0.385. The third-order valence-electron chi connectivity index (χ3n) is 4.87. The molecule has 2 aromatic heterocycles. The Morgan fingerprint density at radius 3 is 2.61 bits per heavy atom. The van der Waals surface area contributed by atoms with Gasteiger partial charge in [-0.15, -0.1) is 11.8 Å². The Hall–Kier alpha value is -3.59. The smallest absolute Gasteiger partial charge is 0.308 e. The van der Waals surface area contributed by atoms with E-state index in [1.807, 2.05) is 55.5 Å². The number of carbonyl (C=O) groups excluding carboxylic acids is 1. The molecule has 0 aliphatic carbocycles. The highest BCUT2D eigenvalue weighted by molar-refractivity contribution is 7.98. The molecule has 8 nitrogen and oxygen atoms in total. The van der Waals surface area contributed by atoms with Gasteiger partial charge in [0, 0.05) is 28.9 Å². The van der Waals surface area contributed by atoms with E-state index in [2.05, 4.69) is 34.4 Å². The molecule has 0 bridgehead atoms. The van der Waals surface area contributed by atoms with Gasteiger partial charge in [-0.05, 0) is 37.1 Å². The zero-order valence-corrected chi connectivity index (χ0v) is 19.6. The van der Waals surface area contributed by atoms with Crippen molar-refractivity contribution in [2.24, 2.45) is 5.92 Å². The van der Waals surface area contributed by atoms with E-state index in [-0.39, 0.29) is 11.6 Å². The lowest BCUT2D eigenvalue weighted by Crippen LogP contribution is -2.22. The van der Waals surface area contributed by atoms with Gasteiger partial charge in [0.1, 0.15) is 6.33 Å². The van der Waals surface area contributed by atoms with Crippen molar-refractivity contribution in [1.82, 2.24) is 19.2 Å². The predicted molar refractivity (Wildman–Crippen MR) is 132 cm³/mol. The van der Waals surface area contributed by atoms with E-state index in [1.54, 1.807) is 17.1 Å². The van der Waals surface area contributed by atoms with Gasteiger partial charge in [0.2, 0.25) is 0 Å². The molecule has 0 unspecified atom stereocenters. The minimum atomic E-state index is -0.319. The molecule has 9 heteroatoms. The number of thioether (sulfide) groups is 1. The zero-order valence-electron chi connectivity index (χ0n) is 18.8. The molecule has 0 saturated carbocycles. The Labute approximate surface area is 196 Å². The molecule has 2 N–H and O–H groups in total. The second-order valence-corrected chi connectivity index (χ2v) is 9.21. The molecular weight excluding hydrogens is 436 g/mol. The van der Waals surface area contributed by atoms with Crippen LogP contribution in [0.15, 0.2) is 70.6 Å². The third-order valence-corrected chi connectivity index (χ3v) is 5.97. The largest absolute Gasteiger partial charge is 0.323 e. The summed E-state index contributed by atoms with van der Waals surface area (Å²) in [5, 5.41) is 5.74. The number of benzene rings is 2. The van der Waals surface area contributed by atoms with Gasteiger partial charge in [-0.1, -0.05) is 43.7 Å². The standard InChI is InChI=1S/C24H26N6O2S/c1-16(2)13-29-15-25-23-26-19(12-22(31)30(23)29)14-33-21-7-5-4-6-20(21)28-24(32)27-18-10-8-17(3)9-11-18/h4-12,15-16H,13-14H2,1-3H3,(H2,27,28,32). The maximum Gasteiger partial charge on any atom is 0.323 e. The topological polar surface area (TPSA) is 93.3 Å². The summed E-state index contributed by atoms with van der Waals surface area (Å²) < 4.78 is 3.29. The number of para-hydroxylation sites is 1. The molecule has 4 aromatic rings. The van der Waals surface area contributed by atoms with Crippen LogP contribution in [0, 0.1) is 12.8 Å². The number of urea groups is 1. The minimum absolute atomic E-state index is 0.155. The van der Waals surface area contributed by atoms with Crippen LogP contribution in [0.5, 0.6) is 0 Å². The first-order valence-electron chi connectivity index (χ1n) is 10.7. The van der Waals surface area contributed by atoms with Gasteiger partial charge in [0.05, 0.1) is 11.4 Å². The van der Waals surface area contributed by atoms with Gasteiger partial charge in [-0.2, -0.15) is 9.50 Å². The van der Waals surface area contributed by atoms with Crippen LogP contribution in [0.4, 0.5) is 16.2 Å². The number of amides is 2. The monoisotopic (exact) mass is 462 g/mol. The third kappa shape index (κ3) is 5.61. The highest BCUT2D eigenvalue weighted by atomic mass is 32.2. The summed E-state index contributed by atoms with van der Waals surface area (Å²) in [5.74, 6) is 1.25. The van der Waals surface area contributed by atoms with Crippen LogP contribution in [0.1, 0.15) is 25.1 Å². The minimum Gasteiger partial charge on any atom is -0.308 e. The summed E-state index contributed by atoms with van der Waals surface area (Å²) in [4.78, 5) is 34.8. The van der Waals surface area contributed by atoms with E-state index in [9.17, 15) is 9.59 Å². The lowest BCUT2D eigenvalue weighted by Gasteiger charge is -2.12. The van der Waals surface area contributed by atoms with Crippen molar-refractivity contribution in [3.05, 3.63) is 82.5 Å². The molecule has 2 aromatic carbocycles. The second-order valence-electron chi connectivity index (χ2n) is 8.19. The zero-order chi connectivity index (χ0) is 23.4. The summed E-state index contributed by atoms with van der Waals surface area (Å²) in [6.45, 7) is 6.86. The number of hydrogen-bond donors (Lipinski definition) is 2. The predicted octanol–water partition coefficient (Wildman–Crippen LogP) is 4.79. The Morgan fingerprint density at radius 1 is 1.09 bits per heavy atom. The number of hydrogen-bond acceptors (Lipinski definition) is 5. The van der Waals surface area contributed by atoms with Crippen molar-refractivity contribution >= 4 is 34.9 Å². The number of aryl methyl sites for hydroxylation is 1. The first-order valence-corrected chi connectivity index (χ1v) is 11.7. The van der Waals surface area contributed by atoms with Crippen LogP contribution in [0.2, 0.25) is 0 Å². The van der Waals surface area contributed by atoms with E-state index in [0.717, 1.165) is 16.1 Å². The van der Waals surface area contributed by atoms with Gasteiger partial charge >= 0.3 is 6.03 Å². The number of fused-ring (bicyclic) bond motifs is 1. The summed E-state index contributed by atoms with van der Waals surface area (Å²) in [7, 11) is 0. The lowest BCUT2D eigenvalue weighted by atomic mass is 10.2. The average Bonchev–Trinajstić information content (AvgIpc) is 3.17. The fourth-order valence-electron chi connectivity index (χ4n) is 3.35. The Balaban J connectivity index is 1.46. The van der Waals surface area contributed by atoms with Crippen molar-refractivity contribution in [2.45, 2.75) is 38.0 Å². The molecule has 2 amide bonds. The van der Waals surface area contributed by atoms with E-state index in [0.29, 0.717) is 35.4 Å². The fourth-order valence-corrected chi connectivity index (χ4v) is 4.25. The fraction of sp³-hybridized carbons (Fsp3) is 0.250. The molecule has 0 atom stereocenters. The molecule has 2 heterocycles.